The van der Waals surface area contributed by atoms with Gasteiger partial charge in [0.15, 0.2) is 0 Å². The summed E-state index contributed by atoms with van der Waals surface area (Å²) in [4.78, 5) is 16.8. The lowest BCUT2D eigenvalue weighted by Gasteiger charge is -2.23. The fourth-order valence-corrected chi connectivity index (χ4v) is 3.67. The highest BCUT2D eigenvalue weighted by Gasteiger charge is 2.21. The maximum Gasteiger partial charge on any atom is 0.317 e. The van der Waals surface area contributed by atoms with Gasteiger partial charge in [0, 0.05) is 32.8 Å². The third-order valence-corrected chi connectivity index (χ3v) is 5.16. The number of aryl methyl sites for hydroxylation is 1. The Balaban J connectivity index is 1.34. The Kier molecular flexibility index (Phi) is 7.12. The van der Waals surface area contributed by atoms with E-state index >= 15 is 0 Å². The summed E-state index contributed by atoms with van der Waals surface area (Å²) in [5.41, 5.74) is 1.41. The standard InChI is InChI=1S/C20H31N3O2/c24-20(21-17-19-10-5-16-25-19)23-13-6-12-22(14-15-23)11-4-9-18-7-2-1-3-8-18/h1-3,7-8,19H,4-6,9-17H2,(H,21,24). The van der Waals surface area contributed by atoms with E-state index in [-0.39, 0.29) is 12.1 Å². The van der Waals surface area contributed by atoms with Crippen LogP contribution in [0.15, 0.2) is 30.3 Å². The molecule has 5 heteroatoms. The summed E-state index contributed by atoms with van der Waals surface area (Å²) in [5, 5.41) is 3.05. The first-order valence-corrected chi connectivity index (χ1v) is 9.72. The zero-order valence-corrected chi connectivity index (χ0v) is 15.2. The topological polar surface area (TPSA) is 44.8 Å². The highest BCUT2D eigenvalue weighted by atomic mass is 16.5. The molecule has 0 saturated carbocycles. The molecule has 2 heterocycles. The van der Waals surface area contributed by atoms with Crippen LogP contribution in [0.1, 0.15) is 31.2 Å². The summed E-state index contributed by atoms with van der Waals surface area (Å²) >= 11 is 0. The van der Waals surface area contributed by atoms with Crippen molar-refractivity contribution >= 4 is 6.03 Å². The molecular formula is C20H31N3O2. The van der Waals surface area contributed by atoms with Gasteiger partial charge in [-0.3, -0.25) is 0 Å². The molecule has 0 aromatic heterocycles. The normalized spacial score (nSPS) is 21.9. The lowest BCUT2D eigenvalue weighted by atomic mass is 10.1. The Morgan fingerprint density at radius 2 is 2.00 bits per heavy atom. The zero-order valence-electron chi connectivity index (χ0n) is 15.2. The van der Waals surface area contributed by atoms with Crippen LogP contribution < -0.4 is 5.32 Å². The number of carbonyl (C=O) groups excluding carboxylic acids is 1. The van der Waals surface area contributed by atoms with Crippen molar-refractivity contribution in [3.05, 3.63) is 35.9 Å². The maximum atomic E-state index is 12.4. The molecule has 1 unspecified atom stereocenters. The van der Waals surface area contributed by atoms with Crippen molar-refractivity contribution in [1.82, 2.24) is 15.1 Å². The predicted octanol–water partition coefficient (Wildman–Crippen LogP) is 2.52. The molecule has 138 valence electrons. The van der Waals surface area contributed by atoms with E-state index in [0.717, 1.165) is 65.0 Å². The average Bonchev–Trinajstić information content (AvgIpc) is 3.05. The minimum atomic E-state index is 0.0710. The van der Waals surface area contributed by atoms with Crippen molar-refractivity contribution in [2.75, 3.05) is 45.9 Å². The zero-order chi connectivity index (χ0) is 17.3. The van der Waals surface area contributed by atoms with Crippen molar-refractivity contribution < 1.29 is 9.53 Å². The van der Waals surface area contributed by atoms with Crippen LogP contribution in [0.25, 0.3) is 0 Å². The summed E-state index contributed by atoms with van der Waals surface area (Å²) in [6.07, 6.45) is 5.75. The second-order valence-electron chi connectivity index (χ2n) is 7.09. The van der Waals surface area contributed by atoms with Gasteiger partial charge in [-0.25, -0.2) is 4.79 Å². The summed E-state index contributed by atoms with van der Waals surface area (Å²) in [7, 11) is 0. The minimum Gasteiger partial charge on any atom is -0.376 e. The van der Waals surface area contributed by atoms with Gasteiger partial charge in [0.25, 0.3) is 0 Å². The summed E-state index contributed by atoms with van der Waals surface area (Å²) in [6, 6.07) is 10.7. The number of hydrogen-bond donors (Lipinski definition) is 1. The third kappa shape index (κ3) is 6.01. The first-order valence-electron chi connectivity index (χ1n) is 9.72. The van der Waals surface area contributed by atoms with Crippen molar-refractivity contribution in [1.29, 1.82) is 0 Å². The number of carbonyl (C=O) groups is 1. The van der Waals surface area contributed by atoms with Crippen LogP contribution >= 0.6 is 0 Å². The lowest BCUT2D eigenvalue weighted by Crippen LogP contribution is -2.44. The van der Waals surface area contributed by atoms with Gasteiger partial charge in [0.2, 0.25) is 0 Å². The number of hydrogen-bond acceptors (Lipinski definition) is 3. The van der Waals surface area contributed by atoms with E-state index in [9.17, 15) is 4.79 Å². The van der Waals surface area contributed by atoms with E-state index in [0.29, 0.717) is 6.54 Å². The molecular weight excluding hydrogens is 314 g/mol. The Morgan fingerprint density at radius 1 is 1.12 bits per heavy atom. The molecule has 0 radical (unpaired) electrons. The monoisotopic (exact) mass is 345 g/mol. The molecule has 0 aliphatic carbocycles. The third-order valence-electron chi connectivity index (χ3n) is 5.16. The van der Waals surface area contributed by atoms with E-state index in [2.05, 4.69) is 40.5 Å². The quantitative estimate of drug-likeness (QED) is 0.862. The Morgan fingerprint density at radius 3 is 2.80 bits per heavy atom. The molecule has 1 atom stereocenters. The van der Waals surface area contributed by atoms with Crippen LogP contribution in [0.5, 0.6) is 0 Å². The number of nitrogens with zero attached hydrogens (tertiary/aromatic N) is 2. The number of rotatable bonds is 6. The van der Waals surface area contributed by atoms with Gasteiger partial charge in [0.1, 0.15) is 0 Å². The molecule has 1 N–H and O–H groups in total. The molecule has 3 rings (SSSR count). The predicted molar refractivity (Wildman–Crippen MR) is 99.8 cm³/mol. The fourth-order valence-electron chi connectivity index (χ4n) is 3.67. The second-order valence-corrected chi connectivity index (χ2v) is 7.09. The van der Waals surface area contributed by atoms with E-state index in [1.165, 1.54) is 12.0 Å². The number of nitrogens with one attached hydrogen (secondary N) is 1. The first kappa shape index (κ1) is 18.2. The van der Waals surface area contributed by atoms with Gasteiger partial charge in [0.05, 0.1) is 6.10 Å². The van der Waals surface area contributed by atoms with Crippen molar-refractivity contribution in [2.24, 2.45) is 0 Å². The highest BCUT2D eigenvalue weighted by molar-refractivity contribution is 5.74. The first-order chi connectivity index (χ1) is 12.3. The van der Waals surface area contributed by atoms with Crippen LogP contribution in [0.4, 0.5) is 4.79 Å². The second kappa shape index (κ2) is 9.78. The smallest absolute Gasteiger partial charge is 0.317 e. The van der Waals surface area contributed by atoms with E-state index in [1.54, 1.807) is 0 Å². The summed E-state index contributed by atoms with van der Waals surface area (Å²) < 4.78 is 5.57. The maximum absolute atomic E-state index is 12.4. The molecule has 2 aliphatic heterocycles. The largest absolute Gasteiger partial charge is 0.376 e. The average molecular weight is 345 g/mol. The molecule has 0 spiro atoms. The fraction of sp³-hybridized carbons (Fsp3) is 0.650. The van der Waals surface area contributed by atoms with E-state index < -0.39 is 0 Å². The van der Waals surface area contributed by atoms with Gasteiger partial charge in [-0.2, -0.15) is 0 Å². The molecule has 1 aromatic rings. The molecule has 1 aromatic carbocycles. The van der Waals surface area contributed by atoms with E-state index in [1.807, 2.05) is 4.90 Å². The molecule has 25 heavy (non-hydrogen) atoms. The highest BCUT2D eigenvalue weighted by Crippen LogP contribution is 2.11. The van der Waals surface area contributed by atoms with Crippen LogP contribution in [-0.4, -0.2) is 67.8 Å². The molecule has 5 nitrogen and oxygen atoms in total. The van der Waals surface area contributed by atoms with Crippen LogP contribution in [0, 0.1) is 0 Å². The Labute approximate surface area is 151 Å². The molecule has 2 fully saturated rings. The number of benzene rings is 1. The van der Waals surface area contributed by atoms with Crippen molar-refractivity contribution in [3.63, 3.8) is 0 Å². The van der Waals surface area contributed by atoms with Gasteiger partial charge >= 0.3 is 6.03 Å². The van der Waals surface area contributed by atoms with Gasteiger partial charge in [-0.05, 0) is 50.8 Å². The van der Waals surface area contributed by atoms with Crippen LogP contribution in [0.2, 0.25) is 0 Å². The Hall–Kier alpha value is -1.59. The van der Waals surface area contributed by atoms with Gasteiger partial charge < -0.3 is 19.9 Å². The molecule has 0 bridgehead atoms. The van der Waals surface area contributed by atoms with Gasteiger partial charge in [-0.15, -0.1) is 0 Å². The summed E-state index contributed by atoms with van der Waals surface area (Å²) in [5.74, 6) is 0. The number of amides is 2. The molecule has 2 amide bonds. The molecule has 2 saturated heterocycles. The minimum absolute atomic E-state index is 0.0710. The number of urea groups is 1. The SMILES string of the molecule is O=C(NCC1CCCO1)N1CCCN(CCCc2ccccc2)CC1. The van der Waals surface area contributed by atoms with E-state index in [4.69, 9.17) is 4.74 Å². The van der Waals surface area contributed by atoms with Crippen LogP contribution in [0.3, 0.4) is 0 Å². The number of ether oxygens (including phenoxy) is 1. The summed E-state index contributed by atoms with van der Waals surface area (Å²) in [6.45, 7) is 6.33. The lowest BCUT2D eigenvalue weighted by molar-refractivity contribution is 0.109. The van der Waals surface area contributed by atoms with Crippen LogP contribution in [-0.2, 0) is 11.2 Å². The van der Waals surface area contributed by atoms with Crippen molar-refractivity contribution in [2.45, 2.75) is 38.2 Å². The van der Waals surface area contributed by atoms with Gasteiger partial charge in [-0.1, -0.05) is 30.3 Å². The van der Waals surface area contributed by atoms with Crippen molar-refractivity contribution in [3.8, 4) is 0 Å². The Bertz CT molecular complexity index is 517. The molecule has 2 aliphatic rings.